The second kappa shape index (κ2) is 7.81. The summed E-state index contributed by atoms with van der Waals surface area (Å²) in [7, 11) is 0. The molecule has 0 aromatic rings. The van der Waals surface area contributed by atoms with Gasteiger partial charge in [-0.3, -0.25) is 0 Å². The number of hydrogen-bond donors (Lipinski definition) is 0. The summed E-state index contributed by atoms with van der Waals surface area (Å²) in [6.45, 7) is 6.99. The highest BCUT2D eigenvalue weighted by Crippen LogP contribution is 2.02. The molecule has 0 rings (SSSR count). The minimum Gasteiger partial charge on any atom is -0.458 e. The van der Waals surface area contributed by atoms with Crippen molar-refractivity contribution < 1.29 is 9.53 Å². The Morgan fingerprint density at radius 1 is 1.50 bits per heavy atom. The molecule has 14 heavy (non-hydrogen) atoms. The van der Waals surface area contributed by atoms with Crippen LogP contribution in [0.5, 0.6) is 0 Å². The second-order valence-corrected chi connectivity index (χ2v) is 2.51. The molecule has 0 heterocycles. The number of carbonyl (C=O) groups excluding carboxylic acids is 1. The van der Waals surface area contributed by atoms with E-state index in [2.05, 4.69) is 24.0 Å². The molecule has 0 spiro atoms. The van der Waals surface area contributed by atoms with Crippen molar-refractivity contribution >= 4 is 5.97 Å². The van der Waals surface area contributed by atoms with Crippen LogP contribution in [0, 0.1) is 17.2 Å². The zero-order valence-corrected chi connectivity index (χ0v) is 7.98. The van der Waals surface area contributed by atoms with Gasteiger partial charge in [0.05, 0.1) is 12.0 Å². The quantitative estimate of drug-likeness (QED) is 0.366. The molecule has 0 radical (unpaired) electrons. The minimum atomic E-state index is -0.449. The molecule has 0 aromatic carbocycles. The van der Waals surface area contributed by atoms with Crippen LogP contribution in [0.15, 0.2) is 37.5 Å². The first-order valence-corrected chi connectivity index (χ1v) is 4.21. The number of ether oxygens (including phenoxy) is 1. The molecule has 1 unspecified atom stereocenters. The molecule has 0 aliphatic rings. The van der Waals surface area contributed by atoms with Gasteiger partial charge in [0, 0.05) is 6.08 Å². The molecule has 0 amide bonds. The van der Waals surface area contributed by atoms with Gasteiger partial charge in [-0.05, 0) is 6.42 Å². The van der Waals surface area contributed by atoms with Crippen molar-refractivity contribution in [3.8, 4) is 6.07 Å². The Bertz CT molecular complexity index is 274. The largest absolute Gasteiger partial charge is 0.458 e. The third kappa shape index (κ3) is 5.78. The number of hydrogen-bond acceptors (Lipinski definition) is 3. The van der Waals surface area contributed by atoms with Gasteiger partial charge in [-0.15, -0.1) is 6.58 Å². The summed E-state index contributed by atoms with van der Waals surface area (Å²) in [6.07, 6.45) is 6.75. The number of rotatable bonds is 6. The monoisotopic (exact) mass is 191 g/mol. The molecule has 0 aliphatic carbocycles. The Labute approximate surface area is 84.0 Å². The van der Waals surface area contributed by atoms with Crippen LogP contribution in [0.2, 0.25) is 0 Å². The average molecular weight is 191 g/mol. The van der Waals surface area contributed by atoms with Gasteiger partial charge < -0.3 is 4.74 Å². The van der Waals surface area contributed by atoms with Crippen LogP contribution in [-0.4, -0.2) is 12.6 Å². The third-order valence-corrected chi connectivity index (χ3v) is 1.50. The molecule has 74 valence electrons. The molecule has 0 N–H and O–H groups in total. The maximum Gasteiger partial charge on any atom is 0.330 e. The maximum absolute atomic E-state index is 10.6. The number of allylic oxidation sites excluding steroid dienone is 2. The van der Waals surface area contributed by atoms with E-state index in [0.717, 1.165) is 6.08 Å². The molecular formula is C11H13NO2. The van der Waals surface area contributed by atoms with Crippen molar-refractivity contribution in [1.82, 2.24) is 0 Å². The molecule has 3 heteroatoms. The van der Waals surface area contributed by atoms with Crippen molar-refractivity contribution in [2.24, 2.45) is 5.92 Å². The molecule has 0 saturated carbocycles. The second-order valence-electron chi connectivity index (χ2n) is 2.51. The van der Waals surface area contributed by atoms with Crippen LogP contribution in [0.3, 0.4) is 0 Å². The lowest BCUT2D eigenvalue weighted by atomic mass is 10.1. The highest BCUT2D eigenvalue weighted by molar-refractivity contribution is 5.81. The number of esters is 1. The summed E-state index contributed by atoms with van der Waals surface area (Å²) < 4.78 is 4.69. The zero-order valence-electron chi connectivity index (χ0n) is 7.98. The lowest BCUT2D eigenvalue weighted by Gasteiger charge is -1.97. The lowest BCUT2D eigenvalue weighted by molar-refractivity contribution is -0.136. The average Bonchev–Trinajstić information content (AvgIpc) is 2.23. The fourth-order valence-electron chi connectivity index (χ4n) is 0.702. The SMILES string of the molecule is C=CC(=O)OC/C=C/CC(C#N)C=C. The van der Waals surface area contributed by atoms with Crippen LogP contribution in [-0.2, 0) is 9.53 Å². The van der Waals surface area contributed by atoms with Gasteiger partial charge in [0.25, 0.3) is 0 Å². The van der Waals surface area contributed by atoms with E-state index in [1.807, 2.05) is 0 Å². The fraction of sp³-hybridized carbons (Fsp3) is 0.273. The van der Waals surface area contributed by atoms with Gasteiger partial charge >= 0.3 is 5.97 Å². The summed E-state index contributed by atoms with van der Waals surface area (Å²) in [4.78, 5) is 10.6. The van der Waals surface area contributed by atoms with E-state index in [4.69, 9.17) is 5.26 Å². The standard InChI is InChI=1S/C11H13NO2/c1-3-10(9-12)7-5-6-8-14-11(13)4-2/h3-6,10H,1-2,7-8H2/b6-5+. The molecule has 0 saturated heterocycles. The van der Waals surface area contributed by atoms with Crippen molar-refractivity contribution in [3.05, 3.63) is 37.5 Å². The number of nitriles is 1. The van der Waals surface area contributed by atoms with Crippen LogP contribution >= 0.6 is 0 Å². The van der Waals surface area contributed by atoms with E-state index in [0.29, 0.717) is 6.42 Å². The van der Waals surface area contributed by atoms with Crippen molar-refractivity contribution in [2.45, 2.75) is 6.42 Å². The summed E-state index contributed by atoms with van der Waals surface area (Å²) in [5, 5.41) is 8.56. The Morgan fingerprint density at radius 2 is 2.21 bits per heavy atom. The number of nitrogens with zero attached hydrogens (tertiary/aromatic N) is 1. The van der Waals surface area contributed by atoms with Gasteiger partial charge in [-0.1, -0.05) is 24.8 Å². The summed E-state index contributed by atoms with van der Waals surface area (Å²) in [6, 6.07) is 2.07. The highest BCUT2D eigenvalue weighted by atomic mass is 16.5. The van der Waals surface area contributed by atoms with Gasteiger partial charge in [0.15, 0.2) is 0 Å². The van der Waals surface area contributed by atoms with E-state index >= 15 is 0 Å². The smallest absolute Gasteiger partial charge is 0.330 e. The van der Waals surface area contributed by atoms with Gasteiger partial charge in [-0.2, -0.15) is 5.26 Å². The Kier molecular flexibility index (Phi) is 6.79. The fourth-order valence-corrected chi connectivity index (χ4v) is 0.702. The third-order valence-electron chi connectivity index (χ3n) is 1.50. The molecule has 0 aromatic heterocycles. The van der Waals surface area contributed by atoms with Crippen molar-refractivity contribution in [1.29, 1.82) is 5.26 Å². The lowest BCUT2D eigenvalue weighted by Crippen LogP contribution is -1.99. The van der Waals surface area contributed by atoms with Gasteiger partial charge in [0.1, 0.15) is 6.61 Å². The Hall–Kier alpha value is -1.82. The first-order valence-electron chi connectivity index (χ1n) is 4.21. The van der Waals surface area contributed by atoms with Crippen LogP contribution in [0.4, 0.5) is 0 Å². The van der Waals surface area contributed by atoms with E-state index in [1.165, 1.54) is 0 Å². The van der Waals surface area contributed by atoms with E-state index in [9.17, 15) is 4.79 Å². The van der Waals surface area contributed by atoms with Gasteiger partial charge in [-0.25, -0.2) is 4.79 Å². The summed E-state index contributed by atoms with van der Waals surface area (Å²) in [5.41, 5.74) is 0. The summed E-state index contributed by atoms with van der Waals surface area (Å²) >= 11 is 0. The van der Waals surface area contributed by atoms with Crippen LogP contribution in [0.1, 0.15) is 6.42 Å². The molecule has 3 nitrogen and oxygen atoms in total. The topological polar surface area (TPSA) is 50.1 Å². The van der Waals surface area contributed by atoms with Gasteiger partial charge in [0.2, 0.25) is 0 Å². The molecular weight excluding hydrogens is 178 g/mol. The highest BCUT2D eigenvalue weighted by Gasteiger charge is 1.96. The normalized spacial score (nSPS) is 11.6. The minimum absolute atomic E-state index is 0.179. The Balaban J connectivity index is 3.64. The predicted molar refractivity (Wildman–Crippen MR) is 54.2 cm³/mol. The molecule has 0 fully saturated rings. The number of carbonyl (C=O) groups is 1. The predicted octanol–water partition coefficient (Wildman–Crippen LogP) is 1.99. The maximum atomic E-state index is 10.6. The van der Waals surface area contributed by atoms with Crippen molar-refractivity contribution in [3.63, 3.8) is 0 Å². The first kappa shape index (κ1) is 12.2. The molecule has 0 bridgehead atoms. The zero-order chi connectivity index (χ0) is 10.8. The van der Waals surface area contributed by atoms with E-state index in [1.54, 1.807) is 18.2 Å². The summed E-state index contributed by atoms with van der Waals surface area (Å²) in [5.74, 6) is -0.628. The Morgan fingerprint density at radius 3 is 2.71 bits per heavy atom. The van der Waals surface area contributed by atoms with E-state index in [-0.39, 0.29) is 12.5 Å². The molecule has 1 atom stereocenters. The first-order chi connectivity index (χ1) is 6.74. The van der Waals surface area contributed by atoms with Crippen molar-refractivity contribution in [2.75, 3.05) is 6.61 Å². The van der Waals surface area contributed by atoms with Crippen LogP contribution in [0.25, 0.3) is 0 Å². The van der Waals surface area contributed by atoms with Crippen LogP contribution < -0.4 is 0 Å². The van der Waals surface area contributed by atoms with E-state index < -0.39 is 5.97 Å². The molecule has 0 aliphatic heterocycles.